The highest BCUT2D eigenvalue weighted by Crippen LogP contribution is 2.33. The molecule has 8 nitrogen and oxygen atoms in total. The van der Waals surface area contributed by atoms with E-state index < -0.39 is 0 Å². The molecule has 0 aliphatic carbocycles. The van der Waals surface area contributed by atoms with Crippen LogP contribution in [-0.4, -0.2) is 98.4 Å². The maximum Gasteiger partial charge on any atom is 0.254 e. The van der Waals surface area contributed by atoms with Crippen LogP contribution in [0, 0.1) is 19.8 Å². The third-order valence-corrected chi connectivity index (χ3v) is 8.22. The Bertz CT molecular complexity index is 1220. The van der Waals surface area contributed by atoms with E-state index in [4.69, 9.17) is 11.6 Å². The second-order valence-electron chi connectivity index (χ2n) is 10.8. The number of nitrogens with zero attached hydrogens (tertiary/aromatic N) is 5. The van der Waals surface area contributed by atoms with Gasteiger partial charge in [-0.25, -0.2) is 0 Å². The Morgan fingerprint density at radius 1 is 0.846 bits per heavy atom. The summed E-state index contributed by atoms with van der Waals surface area (Å²) >= 11 is 6.61. The number of piperazine rings is 2. The molecule has 210 valence electrons. The molecule has 3 aliphatic heterocycles. The fourth-order valence-electron chi connectivity index (χ4n) is 5.73. The van der Waals surface area contributed by atoms with E-state index in [1.54, 1.807) is 23.1 Å². The molecule has 0 aromatic heterocycles. The van der Waals surface area contributed by atoms with E-state index >= 15 is 0 Å². The van der Waals surface area contributed by atoms with Crippen LogP contribution in [0.3, 0.4) is 0 Å². The number of halogens is 2. The molecule has 10 heteroatoms. The van der Waals surface area contributed by atoms with Gasteiger partial charge in [0.15, 0.2) is 0 Å². The highest BCUT2D eigenvalue weighted by Gasteiger charge is 2.38. The number of carbonyl (C=O) groups is 3. The van der Waals surface area contributed by atoms with Gasteiger partial charge in [-0.1, -0.05) is 17.7 Å². The maximum absolute atomic E-state index is 13.3. The molecule has 1 atom stereocenters. The van der Waals surface area contributed by atoms with Crippen LogP contribution in [0.4, 0.5) is 11.4 Å². The minimum atomic E-state index is -0.364. The van der Waals surface area contributed by atoms with E-state index in [1.807, 2.05) is 16.8 Å². The third-order valence-electron chi connectivity index (χ3n) is 7.91. The summed E-state index contributed by atoms with van der Waals surface area (Å²) in [6, 6.07) is 11.7. The number of hydrogen-bond acceptors (Lipinski definition) is 5. The van der Waals surface area contributed by atoms with Gasteiger partial charge in [-0.05, 0) is 62.4 Å². The predicted molar refractivity (Wildman–Crippen MR) is 157 cm³/mol. The number of amides is 3. The summed E-state index contributed by atoms with van der Waals surface area (Å²) < 4.78 is 0. The first-order chi connectivity index (χ1) is 18.2. The van der Waals surface area contributed by atoms with Gasteiger partial charge in [-0.3, -0.25) is 14.4 Å². The number of aryl methyl sites for hydroxylation is 2. The van der Waals surface area contributed by atoms with Crippen LogP contribution in [0.15, 0.2) is 36.4 Å². The second kappa shape index (κ2) is 12.1. The molecule has 0 bridgehead atoms. The van der Waals surface area contributed by atoms with E-state index in [9.17, 15) is 14.4 Å². The molecule has 3 aliphatic rings. The molecule has 3 saturated heterocycles. The minimum absolute atomic E-state index is 0. The second-order valence-corrected chi connectivity index (χ2v) is 11.2. The largest absolute Gasteiger partial charge is 0.368 e. The van der Waals surface area contributed by atoms with Gasteiger partial charge in [0.05, 0.1) is 16.6 Å². The summed E-state index contributed by atoms with van der Waals surface area (Å²) in [5.74, 6) is -0.496. The zero-order valence-corrected chi connectivity index (χ0v) is 24.4. The average Bonchev–Trinajstić information content (AvgIpc) is 3.29. The van der Waals surface area contributed by atoms with E-state index in [0.717, 1.165) is 26.2 Å². The number of carbonyl (C=O) groups excluding carboxylic acids is 3. The SMILES string of the molecule is Cc1cc(C)cc(N2CCN(C(=O)c3ccc(N4CC(C(=O)N5CCN(C)CC5)CC4=O)c(Cl)c3)CC2)c1.Cl. The lowest BCUT2D eigenvalue weighted by Crippen LogP contribution is -2.49. The number of likely N-dealkylation sites (N-methyl/N-ethyl adjacent to an activating group) is 1. The zero-order valence-electron chi connectivity index (χ0n) is 22.9. The van der Waals surface area contributed by atoms with Gasteiger partial charge in [-0.2, -0.15) is 0 Å². The molecule has 3 heterocycles. The Hall–Kier alpha value is -2.81. The van der Waals surface area contributed by atoms with Gasteiger partial charge in [0.2, 0.25) is 11.8 Å². The van der Waals surface area contributed by atoms with Crippen LogP contribution in [0.25, 0.3) is 0 Å². The van der Waals surface area contributed by atoms with Gasteiger partial charge < -0.3 is 24.5 Å². The van der Waals surface area contributed by atoms with Crippen LogP contribution in [0.5, 0.6) is 0 Å². The first-order valence-electron chi connectivity index (χ1n) is 13.4. The van der Waals surface area contributed by atoms with Crippen molar-refractivity contribution in [2.75, 3.05) is 75.8 Å². The first-order valence-corrected chi connectivity index (χ1v) is 13.8. The number of hydrogen-bond donors (Lipinski definition) is 0. The molecule has 2 aromatic rings. The Morgan fingerprint density at radius 2 is 1.46 bits per heavy atom. The van der Waals surface area contributed by atoms with Crippen molar-refractivity contribution in [3.8, 4) is 0 Å². The summed E-state index contributed by atoms with van der Waals surface area (Å²) in [5.41, 5.74) is 4.73. The lowest BCUT2D eigenvalue weighted by atomic mass is 10.1. The highest BCUT2D eigenvalue weighted by atomic mass is 35.5. The van der Waals surface area contributed by atoms with E-state index in [-0.39, 0.29) is 42.5 Å². The normalized spacial score (nSPS) is 20.3. The lowest BCUT2D eigenvalue weighted by molar-refractivity contribution is -0.137. The summed E-state index contributed by atoms with van der Waals surface area (Å²) in [5, 5.41) is 0.353. The molecular formula is C29H37Cl2N5O3. The van der Waals surface area contributed by atoms with Crippen molar-refractivity contribution in [3.63, 3.8) is 0 Å². The molecular weight excluding hydrogens is 537 g/mol. The number of benzene rings is 2. The van der Waals surface area contributed by atoms with Crippen LogP contribution in [0.1, 0.15) is 27.9 Å². The Labute approximate surface area is 241 Å². The fraction of sp³-hybridized carbons (Fsp3) is 0.483. The fourth-order valence-corrected chi connectivity index (χ4v) is 6.02. The monoisotopic (exact) mass is 573 g/mol. The van der Waals surface area contributed by atoms with Crippen molar-refractivity contribution >= 4 is 53.1 Å². The van der Waals surface area contributed by atoms with Crippen molar-refractivity contribution in [2.24, 2.45) is 5.92 Å². The quantitative estimate of drug-likeness (QED) is 0.560. The maximum atomic E-state index is 13.3. The molecule has 0 N–H and O–H groups in total. The number of anilines is 2. The van der Waals surface area contributed by atoms with Crippen molar-refractivity contribution < 1.29 is 14.4 Å². The smallest absolute Gasteiger partial charge is 0.254 e. The predicted octanol–water partition coefficient (Wildman–Crippen LogP) is 3.47. The summed E-state index contributed by atoms with van der Waals surface area (Å²) in [6.07, 6.45) is 0.187. The topological polar surface area (TPSA) is 67.4 Å². The van der Waals surface area contributed by atoms with Gasteiger partial charge in [0.25, 0.3) is 5.91 Å². The van der Waals surface area contributed by atoms with Crippen LogP contribution < -0.4 is 9.80 Å². The first kappa shape index (κ1) is 29.2. The van der Waals surface area contributed by atoms with Crippen LogP contribution in [-0.2, 0) is 9.59 Å². The van der Waals surface area contributed by atoms with Crippen molar-refractivity contribution in [1.82, 2.24) is 14.7 Å². The van der Waals surface area contributed by atoms with Gasteiger partial charge in [-0.15, -0.1) is 12.4 Å². The average molecular weight is 575 g/mol. The molecule has 39 heavy (non-hydrogen) atoms. The Kier molecular flexibility index (Phi) is 9.09. The minimum Gasteiger partial charge on any atom is -0.368 e. The summed E-state index contributed by atoms with van der Waals surface area (Å²) in [4.78, 5) is 49.0. The lowest BCUT2D eigenvalue weighted by Gasteiger charge is -2.36. The molecule has 5 rings (SSSR count). The summed E-state index contributed by atoms with van der Waals surface area (Å²) in [7, 11) is 2.05. The highest BCUT2D eigenvalue weighted by molar-refractivity contribution is 6.34. The molecule has 3 amide bonds. The molecule has 0 spiro atoms. The standard InChI is InChI=1S/C29H36ClN5O3.ClH/c1-20-14-21(2)16-24(15-20)32-10-12-34(13-11-32)28(37)22-4-5-26(25(30)17-22)35-19-23(18-27(35)36)29(38)33-8-6-31(3)7-9-33;/h4-5,14-17,23H,6-13,18-19H2,1-3H3;1H. The zero-order chi connectivity index (χ0) is 27.0. The molecule has 0 saturated carbocycles. The van der Waals surface area contributed by atoms with Gasteiger partial charge in [0.1, 0.15) is 0 Å². The third kappa shape index (κ3) is 6.34. The van der Waals surface area contributed by atoms with Crippen molar-refractivity contribution in [1.29, 1.82) is 0 Å². The Balaban J connectivity index is 0.00000353. The van der Waals surface area contributed by atoms with E-state index in [0.29, 0.717) is 49.0 Å². The van der Waals surface area contributed by atoms with Gasteiger partial charge >= 0.3 is 0 Å². The molecule has 0 radical (unpaired) electrons. The number of rotatable bonds is 4. The molecule has 3 fully saturated rings. The van der Waals surface area contributed by atoms with Gasteiger partial charge in [0, 0.05) is 76.6 Å². The van der Waals surface area contributed by atoms with E-state index in [2.05, 4.69) is 41.8 Å². The molecule has 2 aromatic carbocycles. The van der Waals surface area contributed by atoms with E-state index in [1.165, 1.54) is 16.8 Å². The Morgan fingerprint density at radius 3 is 2.08 bits per heavy atom. The molecule has 1 unspecified atom stereocenters. The van der Waals surface area contributed by atoms with Crippen LogP contribution >= 0.6 is 24.0 Å². The van der Waals surface area contributed by atoms with Crippen molar-refractivity contribution in [2.45, 2.75) is 20.3 Å². The summed E-state index contributed by atoms with van der Waals surface area (Å²) in [6.45, 7) is 10.4. The van der Waals surface area contributed by atoms with Crippen molar-refractivity contribution in [3.05, 3.63) is 58.1 Å². The van der Waals surface area contributed by atoms with Crippen LogP contribution in [0.2, 0.25) is 5.02 Å².